The quantitative estimate of drug-likeness (QED) is 0.856. The summed E-state index contributed by atoms with van der Waals surface area (Å²) >= 11 is 0. The Labute approximate surface area is 125 Å². The highest BCUT2D eigenvalue weighted by Gasteiger charge is 2.17. The highest BCUT2D eigenvalue weighted by Crippen LogP contribution is 2.30. The number of phenolic OH excluding ortho intramolecular Hbond substituents is 1. The standard InChI is InChI=1S/C17H22N2O2/c1-19(12-13-6-4-3-5-7-13)15(11-18)14-8-9-17(21-2)16(20)10-14/h3-10,15,20H,11-12,18H2,1-2H3. The molecule has 4 nitrogen and oxygen atoms in total. The lowest BCUT2D eigenvalue weighted by molar-refractivity contribution is 0.241. The summed E-state index contributed by atoms with van der Waals surface area (Å²) in [4.78, 5) is 2.18. The molecule has 2 aromatic rings. The minimum Gasteiger partial charge on any atom is -0.504 e. The number of nitrogens with zero attached hydrogens (tertiary/aromatic N) is 1. The van der Waals surface area contributed by atoms with E-state index in [1.807, 2.05) is 31.3 Å². The van der Waals surface area contributed by atoms with Crippen molar-refractivity contribution in [2.45, 2.75) is 12.6 Å². The third-order valence-electron chi connectivity index (χ3n) is 3.62. The fraction of sp³-hybridized carbons (Fsp3) is 0.294. The molecule has 1 unspecified atom stereocenters. The van der Waals surface area contributed by atoms with Crippen LogP contribution in [0.3, 0.4) is 0 Å². The summed E-state index contributed by atoms with van der Waals surface area (Å²) in [6, 6.07) is 15.7. The first kappa shape index (κ1) is 15.4. The normalized spacial score (nSPS) is 12.4. The smallest absolute Gasteiger partial charge is 0.160 e. The van der Waals surface area contributed by atoms with Gasteiger partial charge in [0.25, 0.3) is 0 Å². The predicted octanol–water partition coefficient (Wildman–Crippen LogP) is 2.53. The van der Waals surface area contributed by atoms with Gasteiger partial charge >= 0.3 is 0 Å². The van der Waals surface area contributed by atoms with Gasteiger partial charge in [-0.3, -0.25) is 4.90 Å². The van der Waals surface area contributed by atoms with Crippen LogP contribution in [0.15, 0.2) is 48.5 Å². The van der Waals surface area contributed by atoms with E-state index >= 15 is 0 Å². The maximum absolute atomic E-state index is 9.92. The number of benzene rings is 2. The molecule has 21 heavy (non-hydrogen) atoms. The summed E-state index contributed by atoms with van der Waals surface area (Å²) in [6.45, 7) is 1.28. The summed E-state index contributed by atoms with van der Waals surface area (Å²) in [5, 5.41) is 9.92. The number of nitrogens with two attached hydrogens (primary N) is 1. The van der Waals surface area contributed by atoms with Crippen molar-refractivity contribution in [3.63, 3.8) is 0 Å². The zero-order valence-electron chi connectivity index (χ0n) is 12.5. The molecule has 2 aromatic carbocycles. The molecule has 0 fully saturated rings. The van der Waals surface area contributed by atoms with E-state index in [0.29, 0.717) is 12.3 Å². The van der Waals surface area contributed by atoms with Crippen molar-refractivity contribution in [1.82, 2.24) is 4.90 Å². The second-order valence-electron chi connectivity index (χ2n) is 5.08. The lowest BCUT2D eigenvalue weighted by Gasteiger charge is -2.27. The van der Waals surface area contributed by atoms with Gasteiger partial charge in [0.2, 0.25) is 0 Å². The number of hydrogen-bond acceptors (Lipinski definition) is 4. The first-order valence-corrected chi connectivity index (χ1v) is 6.97. The van der Waals surface area contributed by atoms with Gasteiger partial charge in [0.15, 0.2) is 11.5 Å². The topological polar surface area (TPSA) is 58.7 Å². The average Bonchev–Trinajstić information content (AvgIpc) is 2.49. The minimum absolute atomic E-state index is 0.0435. The maximum Gasteiger partial charge on any atom is 0.160 e. The van der Waals surface area contributed by atoms with Gasteiger partial charge in [0, 0.05) is 19.1 Å². The Balaban J connectivity index is 2.16. The van der Waals surface area contributed by atoms with Crippen molar-refractivity contribution in [2.75, 3.05) is 20.7 Å². The van der Waals surface area contributed by atoms with Crippen LogP contribution in [0.4, 0.5) is 0 Å². The molecule has 1 atom stereocenters. The SMILES string of the molecule is COc1ccc(C(CN)N(C)Cc2ccccc2)cc1O. The van der Waals surface area contributed by atoms with Crippen molar-refractivity contribution in [2.24, 2.45) is 5.73 Å². The minimum atomic E-state index is 0.0435. The van der Waals surface area contributed by atoms with Crippen LogP contribution in [0.1, 0.15) is 17.2 Å². The lowest BCUT2D eigenvalue weighted by atomic mass is 10.0. The van der Waals surface area contributed by atoms with Crippen LogP contribution >= 0.6 is 0 Å². The first-order chi connectivity index (χ1) is 10.2. The van der Waals surface area contributed by atoms with E-state index in [1.165, 1.54) is 12.7 Å². The number of ether oxygens (including phenoxy) is 1. The number of phenols is 1. The monoisotopic (exact) mass is 286 g/mol. The second-order valence-corrected chi connectivity index (χ2v) is 5.08. The van der Waals surface area contributed by atoms with Gasteiger partial charge in [-0.05, 0) is 30.3 Å². The summed E-state index contributed by atoms with van der Waals surface area (Å²) in [6.07, 6.45) is 0. The van der Waals surface area contributed by atoms with Crippen LogP contribution in [0.2, 0.25) is 0 Å². The number of rotatable bonds is 6. The van der Waals surface area contributed by atoms with Gasteiger partial charge in [-0.1, -0.05) is 36.4 Å². The maximum atomic E-state index is 9.92. The molecule has 0 aromatic heterocycles. The molecule has 0 saturated heterocycles. The van der Waals surface area contributed by atoms with E-state index < -0.39 is 0 Å². The Hall–Kier alpha value is -2.04. The van der Waals surface area contributed by atoms with Gasteiger partial charge in [0.1, 0.15) is 0 Å². The Morgan fingerprint density at radius 2 is 1.90 bits per heavy atom. The van der Waals surface area contributed by atoms with Gasteiger partial charge in [-0.2, -0.15) is 0 Å². The molecule has 0 spiro atoms. The fourth-order valence-electron chi connectivity index (χ4n) is 2.47. The zero-order chi connectivity index (χ0) is 15.2. The Morgan fingerprint density at radius 1 is 1.19 bits per heavy atom. The Kier molecular flexibility index (Phi) is 5.20. The van der Waals surface area contributed by atoms with Crippen LogP contribution in [-0.2, 0) is 6.54 Å². The van der Waals surface area contributed by atoms with Crippen molar-refractivity contribution in [3.8, 4) is 11.5 Å². The van der Waals surface area contributed by atoms with Crippen molar-refractivity contribution in [3.05, 3.63) is 59.7 Å². The van der Waals surface area contributed by atoms with Gasteiger partial charge in [0.05, 0.1) is 7.11 Å². The van der Waals surface area contributed by atoms with Crippen molar-refractivity contribution in [1.29, 1.82) is 0 Å². The van der Waals surface area contributed by atoms with Crippen LogP contribution in [0, 0.1) is 0 Å². The van der Waals surface area contributed by atoms with E-state index in [2.05, 4.69) is 17.0 Å². The molecule has 0 heterocycles. The molecule has 4 heteroatoms. The van der Waals surface area contributed by atoms with Crippen LogP contribution in [0.25, 0.3) is 0 Å². The van der Waals surface area contributed by atoms with Crippen LogP contribution < -0.4 is 10.5 Å². The third kappa shape index (κ3) is 3.74. The predicted molar refractivity (Wildman–Crippen MR) is 84.4 cm³/mol. The molecule has 0 aliphatic carbocycles. The molecule has 0 bridgehead atoms. The summed E-state index contributed by atoms with van der Waals surface area (Å²) in [5.41, 5.74) is 8.14. The number of likely N-dealkylation sites (N-methyl/N-ethyl adjacent to an activating group) is 1. The molecule has 112 valence electrons. The largest absolute Gasteiger partial charge is 0.504 e. The Morgan fingerprint density at radius 3 is 2.48 bits per heavy atom. The van der Waals surface area contributed by atoms with E-state index in [4.69, 9.17) is 10.5 Å². The summed E-state index contributed by atoms with van der Waals surface area (Å²) in [5.74, 6) is 0.613. The molecule has 3 N–H and O–H groups in total. The fourth-order valence-corrected chi connectivity index (χ4v) is 2.47. The highest BCUT2D eigenvalue weighted by molar-refractivity contribution is 5.42. The number of aromatic hydroxyl groups is 1. The van der Waals surface area contributed by atoms with E-state index in [0.717, 1.165) is 12.1 Å². The molecule has 0 radical (unpaired) electrons. The van der Waals surface area contributed by atoms with Crippen LogP contribution in [-0.4, -0.2) is 30.7 Å². The van der Waals surface area contributed by atoms with Gasteiger partial charge in [-0.15, -0.1) is 0 Å². The molecular weight excluding hydrogens is 264 g/mol. The molecule has 0 saturated carbocycles. The Bertz CT molecular complexity index is 572. The lowest BCUT2D eigenvalue weighted by Crippen LogP contribution is -2.30. The molecule has 0 aliphatic rings. The van der Waals surface area contributed by atoms with Crippen molar-refractivity contribution >= 4 is 0 Å². The second kappa shape index (κ2) is 7.11. The van der Waals surface area contributed by atoms with Gasteiger partial charge < -0.3 is 15.6 Å². The first-order valence-electron chi connectivity index (χ1n) is 6.97. The third-order valence-corrected chi connectivity index (χ3v) is 3.62. The number of hydrogen-bond donors (Lipinski definition) is 2. The highest BCUT2D eigenvalue weighted by atomic mass is 16.5. The molecule has 2 rings (SSSR count). The molecule has 0 aliphatic heterocycles. The van der Waals surface area contributed by atoms with E-state index in [9.17, 15) is 5.11 Å². The van der Waals surface area contributed by atoms with Crippen molar-refractivity contribution < 1.29 is 9.84 Å². The molecular formula is C17H22N2O2. The van der Waals surface area contributed by atoms with E-state index in [1.54, 1.807) is 12.1 Å². The average molecular weight is 286 g/mol. The molecule has 0 amide bonds. The van der Waals surface area contributed by atoms with E-state index in [-0.39, 0.29) is 11.8 Å². The summed E-state index contributed by atoms with van der Waals surface area (Å²) < 4.78 is 5.07. The number of methoxy groups -OCH3 is 1. The van der Waals surface area contributed by atoms with Crippen LogP contribution in [0.5, 0.6) is 11.5 Å². The summed E-state index contributed by atoms with van der Waals surface area (Å²) in [7, 11) is 3.57. The zero-order valence-corrected chi connectivity index (χ0v) is 12.5. The van der Waals surface area contributed by atoms with Gasteiger partial charge in [-0.25, -0.2) is 0 Å².